The highest BCUT2D eigenvalue weighted by atomic mass is 16.4. The van der Waals surface area contributed by atoms with E-state index in [4.69, 9.17) is 9.76 Å². The van der Waals surface area contributed by atoms with E-state index in [-0.39, 0.29) is 12.1 Å². The highest BCUT2D eigenvalue weighted by molar-refractivity contribution is 6.50. The Balaban J connectivity index is 1.68. The van der Waals surface area contributed by atoms with Gasteiger partial charge in [-0.25, -0.2) is 4.98 Å². The molecule has 3 aliphatic rings. The second kappa shape index (κ2) is 8.59. The number of nitrogens with one attached hydrogen (secondary N) is 2. The maximum Gasteiger partial charge on any atom is 0.332 e. The van der Waals surface area contributed by atoms with Gasteiger partial charge in [-0.3, -0.25) is 0 Å². The van der Waals surface area contributed by atoms with E-state index in [0.717, 1.165) is 46.5 Å². The molecule has 165 valence electrons. The Morgan fingerprint density at radius 2 is 2.19 bits per heavy atom. The third kappa shape index (κ3) is 4.14. The summed E-state index contributed by atoms with van der Waals surface area (Å²) >= 11 is 0. The van der Waals surface area contributed by atoms with Crippen LogP contribution in [0.25, 0.3) is 11.0 Å². The fourth-order valence-corrected chi connectivity index (χ4v) is 6.17. The van der Waals surface area contributed by atoms with Gasteiger partial charge in [0.05, 0.1) is 11.3 Å². The standard InChI is InChI=1S/C24H34BN4O2/c1-24(2)8-11-31-25-19-14-27-23-18(6-9-26-23)21(19)22(28-29-24)20-16-5-3-4-15(12-16)13-17(20)7-10-30/h6,9,14-17,20,29-30H,3-5,7-8,10-13H2,1-2H3,(H,26,27)/b28-22-. The summed E-state index contributed by atoms with van der Waals surface area (Å²) in [6.07, 6.45) is 12.0. The van der Waals surface area contributed by atoms with Crippen LogP contribution in [0.4, 0.5) is 0 Å². The molecule has 6 nitrogen and oxygen atoms in total. The molecule has 0 saturated heterocycles. The predicted octanol–water partition coefficient (Wildman–Crippen LogP) is 3.12. The Bertz CT molecular complexity index is 956. The Kier molecular flexibility index (Phi) is 5.82. The summed E-state index contributed by atoms with van der Waals surface area (Å²) in [4.78, 5) is 7.90. The monoisotopic (exact) mass is 421 g/mol. The number of rotatable bonds is 3. The minimum Gasteiger partial charge on any atom is -0.434 e. The first-order chi connectivity index (χ1) is 15.1. The summed E-state index contributed by atoms with van der Waals surface area (Å²) in [5, 5.41) is 16.2. The highest BCUT2D eigenvalue weighted by Gasteiger charge is 2.43. The van der Waals surface area contributed by atoms with E-state index < -0.39 is 0 Å². The van der Waals surface area contributed by atoms with Gasteiger partial charge in [0.1, 0.15) is 5.65 Å². The van der Waals surface area contributed by atoms with E-state index in [1.54, 1.807) is 0 Å². The zero-order valence-electron chi connectivity index (χ0n) is 18.7. The second-order valence-electron chi connectivity index (χ2n) is 10.4. The fraction of sp³-hybridized carbons (Fsp3) is 0.667. The van der Waals surface area contributed by atoms with E-state index in [2.05, 4.69) is 35.3 Å². The molecule has 31 heavy (non-hydrogen) atoms. The van der Waals surface area contributed by atoms with Crippen LogP contribution < -0.4 is 10.9 Å². The molecule has 2 aromatic rings. The van der Waals surface area contributed by atoms with E-state index in [1.807, 2.05) is 19.9 Å². The van der Waals surface area contributed by atoms with Crippen LogP contribution in [0.15, 0.2) is 23.6 Å². The number of aliphatic hydroxyl groups excluding tert-OH is 1. The van der Waals surface area contributed by atoms with Gasteiger partial charge in [-0.1, -0.05) is 12.8 Å². The molecular formula is C24H34BN4O2. The van der Waals surface area contributed by atoms with Gasteiger partial charge < -0.3 is 20.2 Å². The molecule has 4 atom stereocenters. The van der Waals surface area contributed by atoms with Crippen molar-refractivity contribution in [2.45, 2.75) is 64.3 Å². The van der Waals surface area contributed by atoms with Crippen LogP contribution in [-0.2, 0) is 4.65 Å². The largest absolute Gasteiger partial charge is 0.434 e. The van der Waals surface area contributed by atoms with Crippen molar-refractivity contribution in [1.82, 2.24) is 15.4 Å². The summed E-state index contributed by atoms with van der Waals surface area (Å²) in [7, 11) is 1.87. The Hall–Kier alpha value is -1.86. The second-order valence-corrected chi connectivity index (χ2v) is 10.4. The van der Waals surface area contributed by atoms with Gasteiger partial charge in [0.2, 0.25) is 0 Å². The van der Waals surface area contributed by atoms with Gasteiger partial charge in [0, 0.05) is 42.5 Å². The predicted molar refractivity (Wildman–Crippen MR) is 125 cm³/mol. The number of hydrogen-bond acceptors (Lipinski definition) is 5. The summed E-state index contributed by atoms with van der Waals surface area (Å²) in [5.74, 6) is 2.21. The molecule has 0 amide bonds. The van der Waals surface area contributed by atoms with Crippen LogP contribution >= 0.6 is 0 Å². The number of fused-ring (bicyclic) bond motifs is 5. The lowest BCUT2D eigenvalue weighted by Gasteiger charge is -2.46. The number of hydrogen-bond donors (Lipinski definition) is 3. The number of aromatic amines is 1. The smallest absolute Gasteiger partial charge is 0.332 e. The van der Waals surface area contributed by atoms with E-state index >= 15 is 0 Å². The van der Waals surface area contributed by atoms with Crippen LogP contribution in [-0.4, -0.2) is 47.0 Å². The maximum atomic E-state index is 9.90. The highest BCUT2D eigenvalue weighted by Crippen LogP contribution is 2.48. The zero-order chi connectivity index (χ0) is 21.4. The van der Waals surface area contributed by atoms with Crippen molar-refractivity contribution in [3.63, 3.8) is 0 Å². The summed E-state index contributed by atoms with van der Waals surface area (Å²) in [5.41, 5.74) is 7.49. The van der Waals surface area contributed by atoms with E-state index in [0.29, 0.717) is 24.4 Å². The van der Waals surface area contributed by atoms with Crippen LogP contribution in [0.3, 0.4) is 0 Å². The topological polar surface area (TPSA) is 82.5 Å². The van der Waals surface area contributed by atoms with Crippen LogP contribution in [0, 0.1) is 23.7 Å². The van der Waals surface area contributed by atoms with Gasteiger partial charge in [0.25, 0.3) is 0 Å². The van der Waals surface area contributed by atoms with Gasteiger partial charge in [-0.05, 0) is 75.2 Å². The van der Waals surface area contributed by atoms with Crippen molar-refractivity contribution in [2.75, 3.05) is 13.2 Å². The molecule has 5 rings (SSSR count). The molecule has 0 spiro atoms. The van der Waals surface area contributed by atoms with Gasteiger partial charge >= 0.3 is 7.48 Å². The average molecular weight is 421 g/mol. The number of pyridine rings is 1. The quantitative estimate of drug-likeness (QED) is 0.666. The molecule has 3 heterocycles. The Morgan fingerprint density at radius 1 is 1.29 bits per heavy atom. The van der Waals surface area contributed by atoms with E-state index in [1.165, 1.54) is 32.1 Å². The molecular weight excluding hydrogens is 387 g/mol. The molecule has 1 radical (unpaired) electrons. The van der Waals surface area contributed by atoms with Crippen LogP contribution in [0.1, 0.15) is 64.4 Å². The SMILES string of the molecule is CC1(C)CCO[B]c2cnc3[nH]ccc3c2/C(C2C(CCO)CC3CCCC2C3)=N\N1. The van der Waals surface area contributed by atoms with Crippen molar-refractivity contribution in [3.05, 3.63) is 24.0 Å². The van der Waals surface area contributed by atoms with Crippen molar-refractivity contribution in [2.24, 2.45) is 28.8 Å². The summed E-state index contributed by atoms with van der Waals surface area (Å²) < 4.78 is 5.98. The van der Waals surface area contributed by atoms with Crippen LogP contribution in [0.5, 0.6) is 0 Å². The first-order valence-electron chi connectivity index (χ1n) is 11.9. The Labute approximate surface area is 185 Å². The fourth-order valence-electron chi connectivity index (χ4n) is 6.17. The molecule has 7 heteroatoms. The maximum absolute atomic E-state index is 9.90. The molecule has 0 aromatic carbocycles. The van der Waals surface area contributed by atoms with Crippen LogP contribution in [0.2, 0.25) is 0 Å². The lowest BCUT2D eigenvalue weighted by atomic mass is 9.59. The molecule has 4 unspecified atom stereocenters. The van der Waals surface area contributed by atoms with Crippen molar-refractivity contribution < 1.29 is 9.76 Å². The molecule has 2 saturated carbocycles. The lowest BCUT2D eigenvalue weighted by molar-refractivity contribution is 0.0834. The number of nitrogens with zero attached hydrogens (tertiary/aromatic N) is 2. The zero-order valence-corrected chi connectivity index (χ0v) is 18.7. The molecule has 2 aromatic heterocycles. The van der Waals surface area contributed by atoms with Gasteiger partial charge in [-0.2, -0.15) is 5.10 Å². The summed E-state index contributed by atoms with van der Waals surface area (Å²) in [6.45, 7) is 5.24. The van der Waals surface area contributed by atoms with Gasteiger partial charge in [0.15, 0.2) is 0 Å². The lowest BCUT2D eigenvalue weighted by Crippen LogP contribution is -2.46. The summed E-state index contributed by atoms with van der Waals surface area (Å²) in [6, 6.07) is 2.11. The minimum absolute atomic E-state index is 0.156. The molecule has 2 aliphatic carbocycles. The number of aliphatic hydroxyl groups is 1. The van der Waals surface area contributed by atoms with E-state index in [9.17, 15) is 5.11 Å². The number of H-pyrrole nitrogens is 1. The first kappa shape index (κ1) is 21.0. The molecule has 3 N–H and O–H groups in total. The third-order valence-corrected chi connectivity index (χ3v) is 7.70. The first-order valence-corrected chi connectivity index (χ1v) is 11.9. The Morgan fingerprint density at radius 3 is 3.06 bits per heavy atom. The number of hydrazone groups is 1. The molecule has 1 aliphatic heterocycles. The van der Waals surface area contributed by atoms with Gasteiger partial charge in [-0.15, -0.1) is 0 Å². The van der Waals surface area contributed by atoms with Crippen molar-refractivity contribution in [1.29, 1.82) is 0 Å². The minimum atomic E-state index is -0.156. The van der Waals surface area contributed by atoms with Crippen molar-refractivity contribution in [3.8, 4) is 0 Å². The molecule has 2 fully saturated rings. The normalized spacial score (nSPS) is 32.3. The number of aromatic nitrogens is 2. The van der Waals surface area contributed by atoms with Crippen molar-refractivity contribution >= 4 is 29.7 Å². The molecule has 2 bridgehead atoms. The third-order valence-electron chi connectivity index (χ3n) is 7.70. The average Bonchev–Trinajstić information content (AvgIpc) is 3.22.